The van der Waals surface area contributed by atoms with E-state index in [1.807, 2.05) is 7.05 Å². The number of nitrogens with one attached hydrogen (secondary N) is 2. The predicted molar refractivity (Wildman–Crippen MR) is 57.3 cm³/mol. The summed E-state index contributed by atoms with van der Waals surface area (Å²) in [6, 6.07) is 0. The molecule has 6 heteroatoms. The van der Waals surface area contributed by atoms with Crippen molar-refractivity contribution >= 4 is 17.7 Å². The maximum Gasteiger partial charge on any atom is 0.231 e. The van der Waals surface area contributed by atoms with Crippen molar-refractivity contribution in [2.45, 2.75) is 25.7 Å². The number of carbonyl (C=O) groups is 3. The molecule has 1 saturated heterocycles. The van der Waals surface area contributed by atoms with Crippen LogP contribution in [0.1, 0.15) is 25.7 Å². The molecule has 0 aromatic rings. The van der Waals surface area contributed by atoms with Crippen LogP contribution >= 0.6 is 0 Å². The Kier molecular flexibility index (Phi) is 4.91. The average Bonchev–Trinajstić information content (AvgIpc) is 2.57. The van der Waals surface area contributed by atoms with Gasteiger partial charge >= 0.3 is 0 Å². The van der Waals surface area contributed by atoms with Crippen LogP contribution in [-0.2, 0) is 14.4 Å². The highest BCUT2D eigenvalue weighted by molar-refractivity contribution is 6.02. The van der Waals surface area contributed by atoms with Crippen molar-refractivity contribution in [3.63, 3.8) is 0 Å². The number of hydrogen-bond donors (Lipinski definition) is 2. The van der Waals surface area contributed by atoms with Crippen molar-refractivity contribution in [1.82, 2.24) is 15.5 Å². The molecule has 90 valence electrons. The average molecular weight is 227 g/mol. The number of carbonyl (C=O) groups excluding carboxylic acids is 3. The van der Waals surface area contributed by atoms with E-state index in [0.29, 0.717) is 6.42 Å². The maximum absolute atomic E-state index is 11.3. The molecule has 0 aliphatic carbocycles. The molecule has 6 nitrogen and oxygen atoms in total. The molecule has 1 aliphatic heterocycles. The fraction of sp³-hybridized carbons (Fsp3) is 0.700. The van der Waals surface area contributed by atoms with E-state index in [0.717, 1.165) is 17.9 Å². The van der Waals surface area contributed by atoms with Crippen LogP contribution in [0.3, 0.4) is 0 Å². The molecule has 0 saturated carbocycles. The smallest absolute Gasteiger partial charge is 0.231 e. The quantitative estimate of drug-likeness (QED) is 0.460. The minimum absolute atomic E-state index is 0.00997. The van der Waals surface area contributed by atoms with Gasteiger partial charge in [-0.3, -0.25) is 19.3 Å². The second kappa shape index (κ2) is 6.22. The summed E-state index contributed by atoms with van der Waals surface area (Å²) in [4.78, 5) is 34.8. The van der Waals surface area contributed by atoms with E-state index in [4.69, 9.17) is 0 Å². The van der Waals surface area contributed by atoms with Gasteiger partial charge in [0.2, 0.25) is 17.7 Å². The van der Waals surface area contributed by atoms with Crippen LogP contribution in [0, 0.1) is 0 Å². The van der Waals surface area contributed by atoms with E-state index in [-0.39, 0.29) is 37.2 Å². The summed E-state index contributed by atoms with van der Waals surface area (Å²) in [5.41, 5.74) is 0. The Morgan fingerprint density at radius 3 is 2.50 bits per heavy atom. The van der Waals surface area contributed by atoms with Gasteiger partial charge in [-0.05, 0) is 20.0 Å². The largest absolute Gasteiger partial charge is 0.338 e. The van der Waals surface area contributed by atoms with Crippen LogP contribution in [0.4, 0.5) is 0 Å². The lowest BCUT2D eigenvalue weighted by molar-refractivity contribution is -0.139. The van der Waals surface area contributed by atoms with Crippen molar-refractivity contribution in [3.05, 3.63) is 0 Å². The summed E-state index contributed by atoms with van der Waals surface area (Å²) < 4.78 is 0. The van der Waals surface area contributed by atoms with Gasteiger partial charge < -0.3 is 10.6 Å². The predicted octanol–water partition coefficient (Wildman–Crippen LogP) is -0.791. The van der Waals surface area contributed by atoms with E-state index in [9.17, 15) is 14.4 Å². The third-order valence-corrected chi connectivity index (χ3v) is 2.42. The van der Waals surface area contributed by atoms with Crippen molar-refractivity contribution in [2.24, 2.45) is 0 Å². The number of nitrogens with zero attached hydrogens (tertiary/aromatic N) is 1. The van der Waals surface area contributed by atoms with Crippen LogP contribution in [-0.4, -0.2) is 42.9 Å². The molecule has 1 aliphatic rings. The Morgan fingerprint density at radius 1 is 1.31 bits per heavy atom. The normalized spacial score (nSPS) is 15.7. The SMILES string of the molecule is CNCCCC(=O)NCN1C(=O)CCC1=O. The lowest BCUT2D eigenvalue weighted by Crippen LogP contribution is -2.40. The molecule has 1 rings (SSSR count). The van der Waals surface area contributed by atoms with E-state index < -0.39 is 0 Å². The van der Waals surface area contributed by atoms with Gasteiger partial charge in [-0.2, -0.15) is 0 Å². The van der Waals surface area contributed by atoms with Gasteiger partial charge in [0.1, 0.15) is 6.67 Å². The molecule has 0 radical (unpaired) electrons. The van der Waals surface area contributed by atoms with Crippen LogP contribution < -0.4 is 10.6 Å². The zero-order valence-corrected chi connectivity index (χ0v) is 9.41. The van der Waals surface area contributed by atoms with E-state index in [1.165, 1.54) is 0 Å². The highest BCUT2D eigenvalue weighted by atomic mass is 16.2. The molecule has 0 spiro atoms. The second-order valence-electron chi connectivity index (χ2n) is 3.68. The highest BCUT2D eigenvalue weighted by Gasteiger charge is 2.28. The zero-order valence-electron chi connectivity index (χ0n) is 9.41. The van der Waals surface area contributed by atoms with Crippen LogP contribution in [0.2, 0.25) is 0 Å². The molecule has 0 aromatic carbocycles. The van der Waals surface area contributed by atoms with Crippen LogP contribution in [0.15, 0.2) is 0 Å². The summed E-state index contributed by atoms with van der Waals surface area (Å²) in [7, 11) is 1.82. The molecule has 3 amide bonds. The lowest BCUT2D eigenvalue weighted by atomic mass is 10.3. The second-order valence-corrected chi connectivity index (χ2v) is 3.68. The van der Waals surface area contributed by atoms with Crippen molar-refractivity contribution in [2.75, 3.05) is 20.3 Å². The number of likely N-dealkylation sites (tertiary alicyclic amines) is 1. The zero-order chi connectivity index (χ0) is 12.0. The molecular formula is C10H17N3O3. The van der Waals surface area contributed by atoms with Crippen LogP contribution in [0.5, 0.6) is 0 Å². The minimum Gasteiger partial charge on any atom is -0.338 e. The van der Waals surface area contributed by atoms with Crippen LogP contribution in [0.25, 0.3) is 0 Å². The summed E-state index contributed by atoms with van der Waals surface area (Å²) in [5, 5.41) is 5.50. The summed E-state index contributed by atoms with van der Waals surface area (Å²) in [6.07, 6.45) is 1.66. The Labute approximate surface area is 94.4 Å². The molecule has 1 heterocycles. The number of rotatable bonds is 6. The molecule has 16 heavy (non-hydrogen) atoms. The van der Waals surface area contributed by atoms with E-state index in [1.54, 1.807) is 0 Å². The molecule has 0 bridgehead atoms. The van der Waals surface area contributed by atoms with Gasteiger partial charge in [0, 0.05) is 19.3 Å². The summed E-state index contributed by atoms with van der Waals surface area (Å²) in [6.45, 7) is 0.783. The van der Waals surface area contributed by atoms with Gasteiger partial charge in [-0.1, -0.05) is 0 Å². The first-order chi connectivity index (χ1) is 7.65. The minimum atomic E-state index is -0.208. The number of hydrogen-bond acceptors (Lipinski definition) is 4. The first-order valence-electron chi connectivity index (χ1n) is 5.39. The third kappa shape index (κ3) is 3.62. The Hall–Kier alpha value is -1.43. The van der Waals surface area contributed by atoms with E-state index in [2.05, 4.69) is 10.6 Å². The van der Waals surface area contributed by atoms with Crippen molar-refractivity contribution < 1.29 is 14.4 Å². The molecule has 0 aromatic heterocycles. The summed E-state index contributed by atoms with van der Waals surface area (Å²) in [5.74, 6) is -0.552. The topological polar surface area (TPSA) is 78.5 Å². The Balaban J connectivity index is 2.21. The molecule has 2 N–H and O–H groups in total. The first-order valence-corrected chi connectivity index (χ1v) is 5.39. The monoisotopic (exact) mass is 227 g/mol. The first kappa shape index (κ1) is 12.6. The van der Waals surface area contributed by atoms with Gasteiger partial charge in [-0.15, -0.1) is 0 Å². The van der Waals surface area contributed by atoms with Gasteiger partial charge in [0.05, 0.1) is 0 Å². The summed E-state index contributed by atoms with van der Waals surface area (Å²) >= 11 is 0. The number of amides is 3. The Morgan fingerprint density at radius 2 is 1.94 bits per heavy atom. The lowest BCUT2D eigenvalue weighted by Gasteiger charge is -2.14. The van der Waals surface area contributed by atoms with Crippen molar-refractivity contribution in [3.8, 4) is 0 Å². The molecule has 0 atom stereocenters. The standard InChI is InChI=1S/C10H17N3O3/c1-11-6-2-3-8(14)12-7-13-9(15)4-5-10(13)16/h11H,2-7H2,1H3,(H,12,14). The fourth-order valence-electron chi connectivity index (χ4n) is 1.48. The third-order valence-electron chi connectivity index (χ3n) is 2.42. The maximum atomic E-state index is 11.3. The van der Waals surface area contributed by atoms with Crippen molar-refractivity contribution in [1.29, 1.82) is 0 Å². The highest BCUT2D eigenvalue weighted by Crippen LogP contribution is 2.09. The van der Waals surface area contributed by atoms with E-state index >= 15 is 0 Å². The van der Waals surface area contributed by atoms with Gasteiger partial charge in [-0.25, -0.2) is 0 Å². The Bertz CT molecular complexity index is 275. The fourth-order valence-corrected chi connectivity index (χ4v) is 1.48. The molecule has 0 unspecified atom stereocenters. The molecular weight excluding hydrogens is 210 g/mol. The van der Waals surface area contributed by atoms with Gasteiger partial charge in [0.25, 0.3) is 0 Å². The van der Waals surface area contributed by atoms with Gasteiger partial charge in [0.15, 0.2) is 0 Å². The number of imide groups is 1. The molecule has 1 fully saturated rings.